The van der Waals surface area contributed by atoms with E-state index in [9.17, 15) is 14.9 Å². The molecule has 0 saturated heterocycles. The smallest absolute Gasteiger partial charge is 0.293 e. The van der Waals surface area contributed by atoms with Crippen molar-refractivity contribution >= 4 is 34.6 Å². The summed E-state index contributed by atoms with van der Waals surface area (Å²) in [6.45, 7) is 0. The first kappa shape index (κ1) is 15.2. The number of rotatable bonds is 5. The van der Waals surface area contributed by atoms with E-state index in [1.807, 2.05) is 0 Å². The largest absolute Gasteiger partial charge is 0.377 e. The lowest BCUT2D eigenvalue weighted by atomic mass is 10.1. The molecule has 0 aliphatic heterocycles. The van der Waals surface area contributed by atoms with Crippen molar-refractivity contribution < 1.29 is 9.72 Å². The number of carbonyl (C=O) groups is 1. The summed E-state index contributed by atoms with van der Waals surface area (Å²) in [5, 5.41) is 17.2. The first-order valence-electron chi connectivity index (χ1n) is 7.00. The van der Waals surface area contributed by atoms with Crippen molar-refractivity contribution in [3.63, 3.8) is 0 Å². The normalized spacial score (nSPS) is 13.4. The zero-order chi connectivity index (χ0) is 16.4. The first-order chi connectivity index (χ1) is 11.0. The summed E-state index contributed by atoms with van der Waals surface area (Å²) in [7, 11) is 0. The molecule has 1 aromatic carbocycles. The summed E-state index contributed by atoms with van der Waals surface area (Å²) in [5.74, 6) is -0.473. The fourth-order valence-corrected chi connectivity index (χ4v) is 2.23. The zero-order valence-corrected chi connectivity index (χ0v) is 12.7. The molecule has 8 heteroatoms. The van der Waals surface area contributed by atoms with Crippen molar-refractivity contribution in [2.24, 2.45) is 0 Å². The van der Waals surface area contributed by atoms with Crippen LogP contribution in [0.15, 0.2) is 36.7 Å². The standard InChI is InChI=1S/C15H13ClN4O3/c16-11-8-17-6-5-12(11)19-15(21)9-1-4-13(18-10-2-3-10)14(7-9)20(22)23/h1,4-8,10,18H,2-3H2,(H,17,19,21). The second-order valence-electron chi connectivity index (χ2n) is 5.22. The molecule has 1 aliphatic rings. The number of halogens is 1. The van der Waals surface area contributed by atoms with E-state index in [2.05, 4.69) is 15.6 Å². The van der Waals surface area contributed by atoms with E-state index in [1.54, 1.807) is 18.2 Å². The summed E-state index contributed by atoms with van der Waals surface area (Å²) in [6.07, 6.45) is 4.90. The summed E-state index contributed by atoms with van der Waals surface area (Å²) in [6, 6.07) is 6.19. The first-order valence-corrected chi connectivity index (χ1v) is 7.38. The Morgan fingerprint density at radius 1 is 1.30 bits per heavy atom. The maximum absolute atomic E-state index is 12.3. The van der Waals surface area contributed by atoms with Crippen molar-refractivity contribution in [3.05, 3.63) is 57.4 Å². The molecule has 1 aliphatic carbocycles. The Labute approximate surface area is 136 Å². The molecule has 23 heavy (non-hydrogen) atoms. The monoisotopic (exact) mass is 332 g/mol. The van der Waals surface area contributed by atoms with Crippen LogP contribution in [-0.2, 0) is 0 Å². The van der Waals surface area contributed by atoms with Crippen LogP contribution in [0.4, 0.5) is 17.1 Å². The molecule has 7 nitrogen and oxygen atoms in total. The zero-order valence-electron chi connectivity index (χ0n) is 12.0. The van der Waals surface area contributed by atoms with Gasteiger partial charge >= 0.3 is 0 Å². The predicted octanol–water partition coefficient (Wildman–Crippen LogP) is 3.47. The number of amides is 1. The molecule has 1 saturated carbocycles. The van der Waals surface area contributed by atoms with Crippen LogP contribution in [0.1, 0.15) is 23.2 Å². The molecule has 0 radical (unpaired) electrons. The van der Waals surface area contributed by atoms with Crippen LogP contribution < -0.4 is 10.6 Å². The Balaban J connectivity index is 1.84. The molecular weight excluding hydrogens is 320 g/mol. The average Bonchev–Trinajstić information content (AvgIpc) is 3.33. The van der Waals surface area contributed by atoms with E-state index in [0.717, 1.165) is 12.8 Å². The number of nitrogens with zero attached hydrogens (tertiary/aromatic N) is 2. The second-order valence-corrected chi connectivity index (χ2v) is 5.62. The maximum Gasteiger partial charge on any atom is 0.293 e. The summed E-state index contributed by atoms with van der Waals surface area (Å²) < 4.78 is 0. The average molecular weight is 333 g/mol. The number of nitro benzene ring substituents is 1. The number of carbonyl (C=O) groups excluding carboxylic acids is 1. The quantitative estimate of drug-likeness (QED) is 0.645. The molecule has 0 bridgehead atoms. The summed E-state index contributed by atoms with van der Waals surface area (Å²) in [4.78, 5) is 26.8. The third-order valence-corrected chi connectivity index (χ3v) is 3.72. The number of aromatic nitrogens is 1. The molecule has 2 aromatic rings. The van der Waals surface area contributed by atoms with Crippen LogP contribution >= 0.6 is 11.6 Å². The highest BCUT2D eigenvalue weighted by Gasteiger charge is 2.25. The van der Waals surface area contributed by atoms with E-state index in [-0.39, 0.29) is 17.3 Å². The lowest BCUT2D eigenvalue weighted by Gasteiger charge is -2.09. The van der Waals surface area contributed by atoms with E-state index in [4.69, 9.17) is 11.6 Å². The van der Waals surface area contributed by atoms with E-state index >= 15 is 0 Å². The summed E-state index contributed by atoms with van der Waals surface area (Å²) >= 11 is 5.93. The van der Waals surface area contributed by atoms with Gasteiger partial charge in [0.15, 0.2) is 0 Å². The second kappa shape index (κ2) is 6.21. The fraction of sp³-hybridized carbons (Fsp3) is 0.200. The Hall–Kier alpha value is -2.67. The number of pyridine rings is 1. The van der Waals surface area contributed by atoms with Crippen molar-refractivity contribution in [1.82, 2.24) is 4.98 Å². The Bertz CT molecular complexity index is 777. The fourth-order valence-electron chi connectivity index (χ4n) is 2.06. The molecule has 0 spiro atoms. The number of nitro groups is 1. The minimum absolute atomic E-state index is 0.120. The lowest BCUT2D eigenvalue weighted by molar-refractivity contribution is -0.384. The molecule has 3 rings (SSSR count). The van der Waals surface area contributed by atoms with Gasteiger partial charge in [-0.15, -0.1) is 0 Å². The predicted molar refractivity (Wildman–Crippen MR) is 86.9 cm³/mol. The number of benzene rings is 1. The van der Waals surface area contributed by atoms with E-state index in [1.165, 1.54) is 18.5 Å². The van der Waals surface area contributed by atoms with Gasteiger partial charge in [-0.1, -0.05) is 11.6 Å². The van der Waals surface area contributed by atoms with Crippen LogP contribution in [0.25, 0.3) is 0 Å². The number of hydrogen-bond donors (Lipinski definition) is 2. The van der Waals surface area contributed by atoms with Crippen molar-refractivity contribution in [3.8, 4) is 0 Å². The summed E-state index contributed by atoms with van der Waals surface area (Å²) in [5.41, 5.74) is 0.891. The maximum atomic E-state index is 12.3. The third kappa shape index (κ3) is 3.57. The van der Waals surface area contributed by atoms with Crippen LogP contribution in [0, 0.1) is 10.1 Å². The Kier molecular flexibility index (Phi) is 4.12. The van der Waals surface area contributed by atoms with Gasteiger partial charge in [0, 0.05) is 30.1 Å². The molecule has 2 N–H and O–H groups in total. The van der Waals surface area contributed by atoms with Crippen molar-refractivity contribution in [2.75, 3.05) is 10.6 Å². The van der Waals surface area contributed by atoms with Gasteiger partial charge in [0.25, 0.3) is 11.6 Å². The van der Waals surface area contributed by atoms with Crippen LogP contribution in [0.3, 0.4) is 0 Å². The van der Waals surface area contributed by atoms with Gasteiger partial charge in [0.2, 0.25) is 0 Å². The van der Waals surface area contributed by atoms with Crippen molar-refractivity contribution in [2.45, 2.75) is 18.9 Å². The Morgan fingerprint density at radius 2 is 2.09 bits per heavy atom. The minimum Gasteiger partial charge on any atom is -0.377 e. The minimum atomic E-state index is -0.499. The highest BCUT2D eigenvalue weighted by atomic mass is 35.5. The topological polar surface area (TPSA) is 97.2 Å². The van der Waals surface area contributed by atoms with Crippen LogP contribution in [0.5, 0.6) is 0 Å². The number of hydrogen-bond acceptors (Lipinski definition) is 5. The molecule has 0 unspecified atom stereocenters. The van der Waals surface area contributed by atoms with Crippen molar-refractivity contribution in [1.29, 1.82) is 0 Å². The molecule has 1 amide bonds. The van der Waals surface area contributed by atoms with Gasteiger partial charge in [-0.2, -0.15) is 0 Å². The molecular formula is C15H13ClN4O3. The van der Waals surface area contributed by atoms with Gasteiger partial charge in [-0.25, -0.2) is 0 Å². The van der Waals surface area contributed by atoms with Gasteiger partial charge in [0.05, 0.1) is 15.6 Å². The van der Waals surface area contributed by atoms with Gasteiger partial charge in [0.1, 0.15) is 5.69 Å². The molecule has 1 heterocycles. The molecule has 118 valence electrons. The third-order valence-electron chi connectivity index (χ3n) is 3.41. The number of anilines is 2. The molecule has 1 fully saturated rings. The highest BCUT2D eigenvalue weighted by molar-refractivity contribution is 6.33. The lowest BCUT2D eigenvalue weighted by Crippen LogP contribution is -2.13. The van der Waals surface area contributed by atoms with Gasteiger partial charge in [-0.05, 0) is 31.0 Å². The molecule has 1 aromatic heterocycles. The Morgan fingerprint density at radius 3 is 2.74 bits per heavy atom. The van der Waals surface area contributed by atoms with Gasteiger partial charge < -0.3 is 10.6 Å². The molecule has 0 atom stereocenters. The van der Waals surface area contributed by atoms with Gasteiger partial charge in [-0.3, -0.25) is 19.9 Å². The van der Waals surface area contributed by atoms with E-state index < -0.39 is 10.8 Å². The highest BCUT2D eigenvalue weighted by Crippen LogP contribution is 2.32. The SMILES string of the molecule is O=C(Nc1ccncc1Cl)c1ccc(NC2CC2)c([N+](=O)[O-])c1. The van der Waals surface area contributed by atoms with Crippen LogP contribution in [0.2, 0.25) is 5.02 Å². The van der Waals surface area contributed by atoms with Crippen LogP contribution in [-0.4, -0.2) is 21.9 Å². The van der Waals surface area contributed by atoms with E-state index in [0.29, 0.717) is 16.4 Å². The number of nitrogens with one attached hydrogen (secondary N) is 2.